The largest absolute Gasteiger partial charge is 0.380 e. The van der Waals surface area contributed by atoms with E-state index in [1.807, 2.05) is 29.2 Å². The molecule has 0 heterocycles. The molecule has 1 aromatic rings. The third-order valence-electron chi connectivity index (χ3n) is 3.93. The van der Waals surface area contributed by atoms with Gasteiger partial charge in [-0.05, 0) is 30.4 Å². The summed E-state index contributed by atoms with van der Waals surface area (Å²) in [6, 6.07) is 7.97. The molecule has 1 aromatic carbocycles. The fourth-order valence-electron chi connectivity index (χ4n) is 2.74. The van der Waals surface area contributed by atoms with Crippen LogP contribution in [0, 0.1) is 0 Å². The summed E-state index contributed by atoms with van der Waals surface area (Å²) in [5, 5.41) is 2.92. The van der Waals surface area contributed by atoms with Crippen LogP contribution in [-0.2, 0) is 27.5 Å². The molecule has 0 aromatic heterocycles. The second kappa shape index (κ2) is 12.5. The quantitative estimate of drug-likeness (QED) is 0.631. The smallest absolute Gasteiger partial charge is 0.222 e. The number of carbonyl (C=O) groups excluding carboxylic acids is 2. The van der Waals surface area contributed by atoms with E-state index in [9.17, 15) is 9.59 Å². The van der Waals surface area contributed by atoms with Gasteiger partial charge in [-0.2, -0.15) is 0 Å². The Morgan fingerprint density at radius 3 is 2.40 bits per heavy atom. The van der Waals surface area contributed by atoms with Gasteiger partial charge in [0.2, 0.25) is 11.8 Å². The van der Waals surface area contributed by atoms with Gasteiger partial charge in [0.05, 0.1) is 6.61 Å². The number of hydrogen-bond donors (Lipinski definition) is 1. The molecule has 0 aliphatic carbocycles. The van der Waals surface area contributed by atoms with E-state index in [2.05, 4.69) is 19.2 Å². The number of ether oxygens (including phenoxy) is 1. The zero-order valence-electron chi connectivity index (χ0n) is 15.8. The molecular weight excluding hydrogens is 316 g/mol. The highest BCUT2D eigenvalue weighted by molar-refractivity contribution is 5.79. The molecule has 0 saturated heterocycles. The fraction of sp³-hybridized carbons (Fsp3) is 0.600. The van der Waals surface area contributed by atoms with Gasteiger partial charge in [-0.3, -0.25) is 9.59 Å². The zero-order chi connectivity index (χ0) is 18.5. The molecule has 140 valence electrons. The van der Waals surface area contributed by atoms with Gasteiger partial charge in [-0.25, -0.2) is 0 Å². The van der Waals surface area contributed by atoms with Crippen LogP contribution in [0.4, 0.5) is 0 Å². The molecule has 1 N–H and O–H groups in total. The molecule has 2 amide bonds. The normalized spacial score (nSPS) is 10.5. The van der Waals surface area contributed by atoms with Crippen LogP contribution in [0.1, 0.15) is 57.1 Å². The molecule has 0 bridgehead atoms. The first kappa shape index (κ1) is 21.2. The number of hydrogen-bond acceptors (Lipinski definition) is 3. The molecule has 0 unspecified atom stereocenters. The summed E-state index contributed by atoms with van der Waals surface area (Å²) >= 11 is 0. The Labute approximate surface area is 151 Å². The second-order valence-corrected chi connectivity index (χ2v) is 6.26. The third kappa shape index (κ3) is 8.68. The lowest BCUT2D eigenvalue weighted by atomic mass is 10.1. The van der Waals surface area contributed by atoms with Gasteiger partial charge in [0.25, 0.3) is 0 Å². The molecule has 5 nitrogen and oxygen atoms in total. The van der Waals surface area contributed by atoms with Gasteiger partial charge in [-0.1, -0.05) is 38.1 Å². The summed E-state index contributed by atoms with van der Waals surface area (Å²) < 4.78 is 5.11. The molecule has 0 radical (unpaired) electrons. The van der Waals surface area contributed by atoms with Crippen LogP contribution in [0.3, 0.4) is 0 Å². The molecule has 0 spiro atoms. The first-order chi connectivity index (χ1) is 12.1. The predicted molar refractivity (Wildman–Crippen MR) is 100 cm³/mol. The van der Waals surface area contributed by atoms with E-state index in [-0.39, 0.29) is 11.8 Å². The maximum Gasteiger partial charge on any atom is 0.222 e. The van der Waals surface area contributed by atoms with Crippen LogP contribution < -0.4 is 5.32 Å². The molecular formula is C20H32N2O3. The molecule has 0 aliphatic rings. The Morgan fingerprint density at radius 2 is 1.76 bits per heavy atom. The van der Waals surface area contributed by atoms with Gasteiger partial charge < -0.3 is 15.0 Å². The van der Waals surface area contributed by atoms with Crippen molar-refractivity contribution in [3.8, 4) is 0 Å². The van der Waals surface area contributed by atoms with Crippen molar-refractivity contribution in [3.05, 3.63) is 35.4 Å². The number of benzene rings is 1. The number of nitrogens with zero attached hydrogens (tertiary/aromatic N) is 1. The third-order valence-corrected chi connectivity index (χ3v) is 3.93. The Hall–Kier alpha value is -1.88. The van der Waals surface area contributed by atoms with E-state index < -0.39 is 0 Å². The van der Waals surface area contributed by atoms with E-state index in [1.54, 1.807) is 7.11 Å². The first-order valence-corrected chi connectivity index (χ1v) is 9.21. The zero-order valence-corrected chi connectivity index (χ0v) is 15.8. The van der Waals surface area contributed by atoms with Crippen molar-refractivity contribution in [1.29, 1.82) is 0 Å². The minimum Gasteiger partial charge on any atom is -0.380 e. The van der Waals surface area contributed by atoms with Gasteiger partial charge >= 0.3 is 0 Å². The number of carbonyl (C=O) groups is 2. The lowest BCUT2D eigenvalue weighted by Gasteiger charge is -2.21. The van der Waals surface area contributed by atoms with Crippen molar-refractivity contribution in [2.75, 3.05) is 20.2 Å². The van der Waals surface area contributed by atoms with Crippen molar-refractivity contribution < 1.29 is 14.3 Å². The maximum atomic E-state index is 12.2. The predicted octanol–water partition coefficient (Wildman–Crippen LogP) is 3.27. The van der Waals surface area contributed by atoms with Crippen LogP contribution in [0.25, 0.3) is 0 Å². The summed E-state index contributed by atoms with van der Waals surface area (Å²) in [5.74, 6) is 0.145. The van der Waals surface area contributed by atoms with Crippen LogP contribution in [-0.4, -0.2) is 36.9 Å². The average Bonchev–Trinajstić information content (AvgIpc) is 2.60. The summed E-state index contributed by atoms with van der Waals surface area (Å²) in [7, 11) is 1.66. The minimum absolute atomic E-state index is 0.0116. The van der Waals surface area contributed by atoms with Gasteiger partial charge in [-0.15, -0.1) is 0 Å². The van der Waals surface area contributed by atoms with E-state index in [1.165, 1.54) is 0 Å². The average molecular weight is 348 g/mol. The molecule has 25 heavy (non-hydrogen) atoms. The Morgan fingerprint density at radius 1 is 1.08 bits per heavy atom. The number of rotatable bonds is 12. The molecule has 5 heteroatoms. The Kier molecular flexibility index (Phi) is 10.6. The maximum absolute atomic E-state index is 12.2. The van der Waals surface area contributed by atoms with Crippen molar-refractivity contribution >= 4 is 11.8 Å². The molecule has 0 saturated carbocycles. The Bertz CT molecular complexity index is 525. The van der Waals surface area contributed by atoms with Crippen molar-refractivity contribution in [1.82, 2.24) is 10.2 Å². The standard InChI is InChI=1S/C20H32N2O3/c1-4-12-22(13-5-2)20(24)11-7-10-19(23)21-15-17-8-6-9-18(14-17)16-25-3/h6,8-9,14H,4-5,7,10-13,15-16H2,1-3H3,(H,21,23). The Balaban J connectivity index is 2.30. The van der Waals surface area contributed by atoms with Crippen LogP contribution in [0.5, 0.6) is 0 Å². The number of methoxy groups -OCH3 is 1. The van der Waals surface area contributed by atoms with Crippen molar-refractivity contribution in [3.63, 3.8) is 0 Å². The van der Waals surface area contributed by atoms with Gasteiger partial charge in [0, 0.05) is 39.6 Å². The van der Waals surface area contributed by atoms with E-state index in [0.717, 1.165) is 37.1 Å². The number of nitrogens with one attached hydrogen (secondary N) is 1. The lowest BCUT2D eigenvalue weighted by Crippen LogP contribution is -2.32. The minimum atomic E-state index is -0.0116. The van der Waals surface area contributed by atoms with E-state index in [4.69, 9.17) is 4.74 Å². The van der Waals surface area contributed by atoms with Crippen LogP contribution >= 0.6 is 0 Å². The van der Waals surface area contributed by atoms with Crippen molar-refractivity contribution in [2.24, 2.45) is 0 Å². The monoisotopic (exact) mass is 348 g/mol. The molecule has 0 atom stereocenters. The first-order valence-electron chi connectivity index (χ1n) is 9.21. The van der Waals surface area contributed by atoms with Crippen LogP contribution in [0.2, 0.25) is 0 Å². The highest BCUT2D eigenvalue weighted by Gasteiger charge is 2.12. The fourth-order valence-corrected chi connectivity index (χ4v) is 2.74. The van der Waals surface area contributed by atoms with Gasteiger partial charge in [0.15, 0.2) is 0 Å². The lowest BCUT2D eigenvalue weighted by molar-refractivity contribution is -0.131. The molecule has 0 aliphatic heterocycles. The number of amides is 2. The van der Waals surface area contributed by atoms with Crippen molar-refractivity contribution in [2.45, 2.75) is 59.1 Å². The highest BCUT2D eigenvalue weighted by atomic mass is 16.5. The van der Waals surface area contributed by atoms with E-state index in [0.29, 0.717) is 32.4 Å². The molecule has 1 rings (SSSR count). The SMILES string of the molecule is CCCN(CCC)C(=O)CCCC(=O)NCc1cccc(COC)c1. The van der Waals surface area contributed by atoms with E-state index >= 15 is 0 Å². The van der Waals surface area contributed by atoms with Crippen LogP contribution in [0.15, 0.2) is 24.3 Å². The highest BCUT2D eigenvalue weighted by Crippen LogP contribution is 2.07. The van der Waals surface area contributed by atoms with Gasteiger partial charge in [0.1, 0.15) is 0 Å². The molecule has 0 fully saturated rings. The summed E-state index contributed by atoms with van der Waals surface area (Å²) in [6.45, 7) is 6.82. The topological polar surface area (TPSA) is 58.6 Å². The summed E-state index contributed by atoms with van der Waals surface area (Å²) in [4.78, 5) is 26.0. The summed E-state index contributed by atoms with van der Waals surface area (Å²) in [5.41, 5.74) is 2.14. The second-order valence-electron chi connectivity index (χ2n) is 6.26. The summed E-state index contributed by atoms with van der Waals surface area (Å²) in [6.07, 6.45) is 3.35.